The van der Waals surface area contributed by atoms with Gasteiger partial charge in [-0.05, 0) is 6.07 Å². The highest BCUT2D eigenvalue weighted by atomic mass is 16.1. The molecule has 0 spiro atoms. The van der Waals surface area contributed by atoms with Crippen LogP contribution in [-0.2, 0) is 0 Å². The molecular weight excluding hydrogens is 130 g/mol. The van der Waals surface area contributed by atoms with Crippen LogP contribution in [0.5, 0.6) is 0 Å². The molecule has 10 heavy (non-hydrogen) atoms. The predicted molar refractivity (Wildman–Crippen MR) is 36.1 cm³/mol. The minimum absolute atomic E-state index is 0.303. The largest absolute Gasteiger partial charge is 0.344 e. The average molecular weight is 137 g/mol. The number of aromatic amines is 1. The summed E-state index contributed by atoms with van der Waals surface area (Å²) in [7, 11) is 0. The molecule has 1 aromatic rings. The third kappa shape index (κ3) is 4.53. The zero-order chi connectivity index (χ0) is 7.82. The summed E-state index contributed by atoms with van der Waals surface area (Å²) >= 11 is 0. The molecule has 0 radical (unpaired) electrons. The maximum absolute atomic E-state index is 10.1. The fraction of sp³-hybridized carbons (Fsp3) is 0.167. The van der Waals surface area contributed by atoms with Gasteiger partial charge in [-0.2, -0.15) is 5.26 Å². The van der Waals surface area contributed by atoms with Crippen LogP contribution in [0.25, 0.3) is 0 Å². The predicted octanol–water partition coefficient (Wildman–Crippen LogP) is 0.300. The lowest BCUT2D eigenvalue weighted by Gasteiger charge is -1.72. The normalized spacial score (nSPS) is 6.80. The molecule has 0 amide bonds. The van der Waals surface area contributed by atoms with Crippen molar-refractivity contribution < 1.29 is 0 Å². The number of hydrogen-bond donors (Lipinski definition) is 1. The summed E-state index contributed by atoms with van der Waals surface area (Å²) in [5, 5.41) is 7.32. The zero-order valence-electron chi connectivity index (χ0n) is 5.53. The highest BCUT2D eigenvalue weighted by Gasteiger charge is 1.70. The molecule has 0 aliphatic rings. The van der Waals surface area contributed by atoms with Gasteiger partial charge < -0.3 is 4.98 Å². The first kappa shape index (κ1) is 8.37. The van der Waals surface area contributed by atoms with Crippen LogP contribution >= 0.6 is 0 Å². The number of hydrogen-bond acceptors (Lipinski definition) is 3. The molecule has 1 rings (SSSR count). The summed E-state index contributed by atoms with van der Waals surface area (Å²) in [5.74, 6) is 0. The quantitative estimate of drug-likeness (QED) is 0.559. The number of nitrogens with zero attached hydrogens (tertiary/aromatic N) is 2. The molecule has 0 unspecified atom stereocenters. The summed E-state index contributed by atoms with van der Waals surface area (Å²) in [4.78, 5) is 15.8. The van der Waals surface area contributed by atoms with Gasteiger partial charge in [0.2, 0.25) is 0 Å². The van der Waals surface area contributed by atoms with Gasteiger partial charge in [-0.25, -0.2) is 9.78 Å². The Morgan fingerprint density at radius 2 is 2.40 bits per heavy atom. The number of rotatable bonds is 0. The van der Waals surface area contributed by atoms with Crippen molar-refractivity contribution in [2.75, 3.05) is 0 Å². The molecule has 4 heteroatoms. The Morgan fingerprint density at radius 3 is 2.60 bits per heavy atom. The van der Waals surface area contributed by atoms with Crippen LogP contribution in [0.15, 0.2) is 23.3 Å². The highest BCUT2D eigenvalue weighted by molar-refractivity contribution is 4.75. The number of aromatic nitrogens is 2. The molecule has 0 saturated carbocycles. The Kier molecular flexibility index (Phi) is 4.61. The summed E-state index contributed by atoms with van der Waals surface area (Å²) in [6, 6.07) is 3.40. The van der Waals surface area contributed by atoms with Gasteiger partial charge in [0.1, 0.15) is 0 Å². The third-order valence-electron chi connectivity index (χ3n) is 0.581. The summed E-state index contributed by atoms with van der Waals surface area (Å²) < 4.78 is 0. The van der Waals surface area contributed by atoms with E-state index in [1.165, 1.54) is 19.3 Å². The maximum atomic E-state index is 10.1. The fourth-order valence-electron chi connectivity index (χ4n) is 0.310. The molecule has 0 fully saturated rings. The first-order valence-electron chi connectivity index (χ1n) is 2.61. The van der Waals surface area contributed by atoms with Crippen molar-refractivity contribution in [1.29, 1.82) is 5.26 Å². The van der Waals surface area contributed by atoms with Crippen molar-refractivity contribution in [3.63, 3.8) is 0 Å². The van der Waals surface area contributed by atoms with E-state index in [-0.39, 0.29) is 5.69 Å². The van der Waals surface area contributed by atoms with Crippen LogP contribution in [-0.4, -0.2) is 9.97 Å². The van der Waals surface area contributed by atoms with E-state index in [9.17, 15) is 4.79 Å². The number of H-pyrrole nitrogens is 1. The zero-order valence-corrected chi connectivity index (χ0v) is 5.53. The second kappa shape index (κ2) is 5.51. The Labute approximate surface area is 58.2 Å². The average Bonchev–Trinajstić information content (AvgIpc) is 1.91. The molecule has 0 saturated heterocycles. The van der Waals surface area contributed by atoms with Crippen molar-refractivity contribution in [2.24, 2.45) is 0 Å². The van der Waals surface area contributed by atoms with Crippen LogP contribution in [0, 0.1) is 11.3 Å². The van der Waals surface area contributed by atoms with Crippen LogP contribution in [0.2, 0.25) is 0 Å². The molecule has 4 nitrogen and oxygen atoms in total. The van der Waals surface area contributed by atoms with E-state index in [2.05, 4.69) is 9.97 Å². The third-order valence-corrected chi connectivity index (χ3v) is 0.581. The topological polar surface area (TPSA) is 69.5 Å². The Balaban J connectivity index is 0.000000236. The minimum atomic E-state index is -0.303. The van der Waals surface area contributed by atoms with Crippen molar-refractivity contribution in [3.05, 3.63) is 28.9 Å². The second-order valence-corrected chi connectivity index (χ2v) is 1.31. The molecule has 1 aromatic heterocycles. The van der Waals surface area contributed by atoms with Gasteiger partial charge in [-0.3, -0.25) is 0 Å². The molecule has 0 atom stereocenters. The summed E-state index contributed by atoms with van der Waals surface area (Å²) in [5.41, 5.74) is -0.303. The van der Waals surface area contributed by atoms with Crippen LogP contribution < -0.4 is 5.69 Å². The van der Waals surface area contributed by atoms with Crippen LogP contribution in [0.1, 0.15) is 6.92 Å². The molecule has 0 aromatic carbocycles. The van der Waals surface area contributed by atoms with Gasteiger partial charge in [-0.15, -0.1) is 0 Å². The lowest BCUT2D eigenvalue weighted by atomic mass is 10.7. The fourth-order valence-corrected chi connectivity index (χ4v) is 0.310. The van der Waals surface area contributed by atoms with Gasteiger partial charge in [-0.1, -0.05) is 0 Å². The van der Waals surface area contributed by atoms with E-state index in [1.54, 1.807) is 12.1 Å². The molecular formula is C6H7N3O. The van der Waals surface area contributed by atoms with E-state index in [0.717, 1.165) is 0 Å². The Bertz CT molecular complexity index is 243. The first-order chi connectivity index (χ1) is 4.81. The molecule has 1 N–H and O–H groups in total. The van der Waals surface area contributed by atoms with Crippen molar-refractivity contribution in [3.8, 4) is 6.07 Å². The monoisotopic (exact) mass is 137 g/mol. The van der Waals surface area contributed by atoms with Gasteiger partial charge in [0.25, 0.3) is 0 Å². The second-order valence-electron chi connectivity index (χ2n) is 1.31. The van der Waals surface area contributed by atoms with Crippen molar-refractivity contribution in [1.82, 2.24) is 9.97 Å². The Hall–Kier alpha value is -1.63. The van der Waals surface area contributed by atoms with E-state index in [1.807, 2.05) is 0 Å². The lowest BCUT2D eigenvalue weighted by Crippen LogP contribution is -2.05. The lowest BCUT2D eigenvalue weighted by molar-refractivity contribution is 1.08. The van der Waals surface area contributed by atoms with Crippen molar-refractivity contribution >= 4 is 0 Å². The molecule has 0 bridgehead atoms. The number of nitrogens with one attached hydrogen (secondary N) is 1. The first-order valence-corrected chi connectivity index (χ1v) is 2.61. The Morgan fingerprint density at radius 1 is 1.80 bits per heavy atom. The highest BCUT2D eigenvalue weighted by Crippen LogP contribution is 1.61. The van der Waals surface area contributed by atoms with E-state index in [4.69, 9.17) is 5.26 Å². The van der Waals surface area contributed by atoms with Gasteiger partial charge in [0, 0.05) is 19.3 Å². The summed E-state index contributed by atoms with van der Waals surface area (Å²) in [6.45, 7) is 1.43. The van der Waals surface area contributed by atoms with Crippen molar-refractivity contribution in [2.45, 2.75) is 6.92 Å². The molecule has 0 aliphatic heterocycles. The molecule has 52 valence electrons. The van der Waals surface area contributed by atoms with Gasteiger partial charge in [0.05, 0.1) is 6.07 Å². The van der Waals surface area contributed by atoms with E-state index in [0.29, 0.717) is 0 Å². The smallest absolute Gasteiger partial charge is 0.313 e. The minimum Gasteiger partial charge on any atom is -0.313 e. The summed E-state index contributed by atoms with van der Waals surface area (Å²) in [6.07, 6.45) is 2.98. The van der Waals surface area contributed by atoms with Gasteiger partial charge in [0.15, 0.2) is 0 Å². The number of nitriles is 1. The van der Waals surface area contributed by atoms with Crippen LogP contribution in [0.4, 0.5) is 0 Å². The SMILES string of the molecule is CC#N.O=c1nccc[nH]1. The van der Waals surface area contributed by atoms with E-state index >= 15 is 0 Å². The molecule has 0 aliphatic carbocycles. The van der Waals surface area contributed by atoms with E-state index < -0.39 is 0 Å². The van der Waals surface area contributed by atoms with Gasteiger partial charge >= 0.3 is 5.69 Å². The maximum Gasteiger partial charge on any atom is 0.344 e. The van der Waals surface area contributed by atoms with Crippen LogP contribution in [0.3, 0.4) is 0 Å². The molecule has 1 heterocycles. The standard InChI is InChI=1S/C4H4N2O.C2H3N/c7-4-5-2-1-3-6-4;1-2-3/h1-3H,(H,5,6,7);1H3.